The van der Waals surface area contributed by atoms with Crippen molar-refractivity contribution >= 4 is 23.2 Å². The Morgan fingerprint density at radius 3 is 2.66 bits per heavy atom. The molecule has 3 aromatic rings. The number of benzene rings is 1. The van der Waals surface area contributed by atoms with Crippen LogP contribution in [0.25, 0.3) is 0 Å². The van der Waals surface area contributed by atoms with E-state index in [-0.39, 0.29) is 17.9 Å². The molecule has 1 N–H and O–H groups in total. The van der Waals surface area contributed by atoms with E-state index in [1.54, 1.807) is 17.6 Å². The fourth-order valence-electron chi connectivity index (χ4n) is 6.11. The average molecular weight is 534 g/mol. The highest BCUT2D eigenvalue weighted by Gasteiger charge is 2.44. The van der Waals surface area contributed by atoms with Gasteiger partial charge in [-0.15, -0.1) is 11.3 Å². The maximum absolute atomic E-state index is 13.9. The number of nitrogens with zero attached hydrogens (tertiary/aromatic N) is 2. The Kier molecular flexibility index (Phi) is 8.65. The van der Waals surface area contributed by atoms with Gasteiger partial charge >= 0.3 is 0 Å². The zero-order valence-corrected chi connectivity index (χ0v) is 23.3. The first-order valence-electron chi connectivity index (χ1n) is 14.0. The van der Waals surface area contributed by atoms with Gasteiger partial charge in [0.25, 0.3) is 5.91 Å². The predicted octanol–water partition coefficient (Wildman–Crippen LogP) is 6.23. The summed E-state index contributed by atoms with van der Waals surface area (Å²) in [5, 5.41) is 5.28. The summed E-state index contributed by atoms with van der Waals surface area (Å²) >= 11 is 1.62. The lowest BCUT2D eigenvalue weighted by atomic mass is 9.81. The van der Waals surface area contributed by atoms with Gasteiger partial charge in [-0.25, -0.2) is 0 Å². The molecular formula is C31H39N3O3S. The molecule has 1 saturated carbocycles. The quantitative estimate of drug-likeness (QED) is 0.297. The lowest BCUT2D eigenvalue weighted by Gasteiger charge is -2.42. The maximum atomic E-state index is 13.9. The van der Waals surface area contributed by atoms with Gasteiger partial charge in [0, 0.05) is 36.1 Å². The predicted molar refractivity (Wildman–Crippen MR) is 151 cm³/mol. The van der Waals surface area contributed by atoms with Crippen LogP contribution in [-0.2, 0) is 11.3 Å². The molecular weight excluding hydrogens is 494 g/mol. The van der Waals surface area contributed by atoms with Crippen molar-refractivity contribution in [1.29, 1.82) is 0 Å². The molecule has 1 aromatic carbocycles. The Bertz CT molecular complexity index is 1180. The summed E-state index contributed by atoms with van der Waals surface area (Å²) in [6.45, 7) is 7.19. The van der Waals surface area contributed by atoms with E-state index < -0.39 is 5.92 Å². The SMILES string of the molecule is CC(C)CN1C(=O)c2ccccc2[C@H](C(=O)NCCCN(Cc2ccco2)C2CCCC2)[C@@H]1c1cccs1. The summed E-state index contributed by atoms with van der Waals surface area (Å²) in [5.41, 5.74) is 1.48. The smallest absolute Gasteiger partial charge is 0.254 e. The number of carbonyl (C=O) groups is 2. The van der Waals surface area contributed by atoms with Crippen molar-refractivity contribution in [2.45, 2.75) is 70.5 Å². The van der Waals surface area contributed by atoms with Gasteiger partial charge in [0.05, 0.1) is 24.8 Å². The van der Waals surface area contributed by atoms with Gasteiger partial charge in [0.2, 0.25) is 5.91 Å². The van der Waals surface area contributed by atoms with E-state index >= 15 is 0 Å². The molecule has 202 valence electrons. The largest absolute Gasteiger partial charge is 0.468 e. The zero-order chi connectivity index (χ0) is 26.5. The second-order valence-electron chi connectivity index (χ2n) is 11.0. The zero-order valence-electron chi connectivity index (χ0n) is 22.5. The van der Waals surface area contributed by atoms with Gasteiger partial charge in [0.15, 0.2) is 0 Å². The van der Waals surface area contributed by atoms with Crippen molar-refractivity contribution < 1.29 is 14.0 Å². The molecule has 1 aliphatic heterocycles. The van der Waals surface area contributed by atoms with Crippen molar-refractivity contribution in [3.63, 3.8) is 0 Å². The monoisotopic (exact) mass is 533 g/mol. The second kappa shape index (κ2) is 12.3. The number of rotatable bonds is 11. The van der Waals surface area contributed by atoms with Crippen LogP contribution >= 0.6 is 11.3 Å². The fraction of sp³-hybridized carbons (Fsp3) is 0.484. The molecule has 0 unspecified atom stereocenters. The van der Waals surface area contributed by atoms with Crippen molar-refractivity contribution in [2.75, 3.05) is 19.6 Å². The molecule has 2 aromatic heterocycles. The maximum Gasteiger partial charge on any atom is 0.254 e. The summed E-state index contributed by atoms with van der Waals surface area (Å²) in [6, 6.07) is 16.0. The first-order valence-corrected chi connectivity index (χ1v) is 14.9. The average Bonchev–Trinajstić information content (AvgIpc) is 3.71. The fourth-order valence-corrected chi connectivity index (χ4v) is 6.99. The van der Waals surface area contributed by atoms with E-state index in [2.05, 4.69) is 30.1 Å². The molecule has 5 rings (SSSR count). The first kappa shape index (κ1) is 26.7. The van der Waals surface area contributed by atoms with Gasteiger partial charge in [-0.3, -0.25) is 14.5 Å². The highest BCUT2D eigenvalue weighted by Crippen LogP contribution is 2.44. The molecule has 1 aliphatic carbocycles. The highest BCUT2D eigenvalue weighted by molar-refractivity contribution is 7.10. The van der Waals surface area contributed by atoms with Gasteiger partial charge in [-0.2, -0.15) is 0 Å². The Labute approximate surface area is 230 Å². The van der Waals surface area contributed by atoms with Gasteiger partial charge < -0.3 is 14.6 Å². The molecule has 2 atom stereocenters. The summed E-state index contributed by atoms with van der Waals surface area (Å²) in [7, 11) is 0. The topological polar surface area (TPSA) is 65.8 Å². The van der Waals surface area contributed by atoms with E-state index in [1.807, 2.05) is 52.7 Å². The van der Waals surface area contributed by atoms with Gasteiger partial charge in [-0.1, -0.05) is 51.0 Å². The van der Waals surface area contributed by atoms with Gasteiger partial charge in [0.1, 0.15) is 5.76 Å². The molecule has 6 nitrogen and oxygen atoms in total. The number of hydrogen-bond acceptors (Lipinski definition) is 5. The highest BCUT2D eigenvalue weighted by atomic mass is 32.1. The summed E-state index contributed by atoms with van der Waals surface area (Å²) in [4.78, 5) is 33.0. The lowest BCUT2D eigenvalue weighted by Crippen LogP contribution is -2.48. The third-order valence-corrected chi connectivity index (χ3v) is 8.76. The molecule has 3 heterocycles. The molecule has 0 saturated heterocycles. The number of fused-ring (bicyclic) bond motifs is 1. The second-order valence-corrected chi connectivity index (χ2v) is 12.0. The van der Waals surface area contributed by atoms with Crippen LogP contribution in [0.4, 0.5) is 0 Å². The molecule has 0 radical (unpaired) electrons. The van der Waals surface area contributed by atoms with Crippen molar-refractivity contribution in [2.24, 2.45) is 5.92 Å². The van der Waals surface area contributed by atoms with Crippen LogP contribution in [-0.4, -0.2) is 47.3 Å². The number of amides is 2. The third kappa shape index (κ3) is 5.89. The summed E-state index contributed by atoms with van der Waals surface area (Å²) in [6.07, 6.45) is 7.64. The molecule has 2 amide bonds. The van der Waals surface area contributed by atoms with Crippen molar-refractivity contribution in [3.05, 3.63) is 81.9 Å². The molecule has 1 fully saturated rings. The van der Waals surface area contributed by atoms with E-state index in [1.165, 1.54) is 25.7 Å². The van der Waals surface area contributed by atoms with Crippen molar-refractivity contribution in [1.82, 2.24) is 15.1 Å². The molecule has 7 heteroatoms. The van der Waals surface area contributed by atoms with Crippen LogP contribution in [0.3, 0.4) is 0 Å². The van der Waals surface area contributed by atoms with E-state index in [9.17, 15) is 9.59 Å². The Morgan fingerprint density at radius 1 is 1.13 bits per heavy atom. The Hall–Kier alpha value is -2.90. The van der Waals surface area contributed by atoms with Gasteiger partial charge in [-0.05, 0) is 60.4 Å². The Balaban J connectivity index is 1.31. The van der Waals surface area contributed by atoms with Crippen LogP contribution in [0.2, 0.25) is 0 Å². The van der Waals surface area contributed by atoms with Crippen LogP contribution in [0, 0.1) is 5.92 Å². The minimum absolute atomic E-state index is 0.00411. The van der Waals surface area contributed by atoms with E-state index in [0.717, 1.165) is 35.7 Å². The van der Waals surface area contributed by atoms with Crippen LogP contribution in [0.5, 0.6) is 0 Å². The Morgan fingerprint density at radius 2 is 1.95 bits per heavy atom. The minimum atomic E-state index is -0.435. The normalized spacial score (nSPS) is 19.9. The van der Waals surface area contributed by atoms with Crippen LogP contribution in [0.15, 0.2) is 64.6 Å². The number of hydrogen-bond donors (Lipinski definition) is 1. The number of furan rings is 1. The third-order valence-electron chi connectivity index (χ3n) is 7.82. The number of carbonyl (C=O) groups excluding carboxylic acids is 2. The van der Waals surface area contributed by atoms with Crippen molar-refractivity contribution in [3.8, 4) is 0 Å². The minimum Gasteiger partial charge on any atom is -0.468 e. The molecule has 38 heavy (non-hydrogen) atoms. The van der Waals surface area contributed by atoms with Crippen LogP contribution < -0.4 is 5.32 Å². The summed E-state index contributed by atoms with van der Waals surface area (Å²) in [5.74, 6) is 0.868. The van der Waals surface area contributed by atoms with E-state index in [0.29, 0.717) is 30.6 Å². The van der Waals surface area contributed by atoms with Crippen LogP contribution in [0.1, 0.15) is 84.5 Å². The standard InChI is InChI=1S/C31H39N3O3S/c1-22(2)20-34-29(27-15-8-19-38-27)28(25-13-5-6-14-26(25)31(34)36)30(35)32-16-9-17-33(23-10-3-4-11-23)21-24-12-7-18-37-24/h5-8,12-15,18-19,22-23,28-29H,3-4,9-11,16-17,20-21H2,1-2H3,(H,32,35)/t28-,29-/m0/s1. The number of nitrogens with one attached hydrogen (secondary N) is 1. The molecule has 2 aliphatic rings. The summed E-state index contributed by atoms with van der Waals surface area (Å²) < 4.78 is 5.63. The lowest BCUT2D eigenvalue weighted by molar-refractivity contribution is -0.124. The molecule has 0 bridgehead atoms. The van der Waals surface area contributed by atoms with E-state index in [4.69, 9.17) is 4.42 Å². The molecule has 0 spiro atoms. The first-order chi connectivity index (χ1) is 18.5. The number of thiophene rings is 1.